The van der Waals surface area contributed by atoms with Gasteiger partial charge in [0.15, 0.2) is 11.6 Å². The zero-order chi connectivity index (χ0) is 12.3. The monoisotopic (exact) mass is 237 g/mol. The molecule has 94 valence electrons. The number of nitrogens with zero attached hydrogens (tertiary/aromatic N) is 3. The lowest BCUT2D eigenvalue weighted by molar-refractivity contribution is 0.0356. The first-order valence-electron chi connectivity index (χ1n) is 5.85. The Hall–Kier alpha value is -1.40. The fraction of sp³-hybridized carbons (Fsp3) is 0.636. The fourth-order valence-corrected chi connectivity index (χ4v) is 1.93. The lowest BCUT2D eigenvalue weighted by Gasteiger charge is -2.28. The summed E-state index contributed by atoms with van der Waals surface area (Å²) in [6.45, 7) is 6.63. The fourth-order valence-electron chi connectivity index (χ4n) is 1.93. The Labute approximate surface area is 101 Å². The number of ether oxygens (including phenoxy) is 1. The number of anilines is 2. The van der Waals surface area contributed by atoms with E-state index in [0.717, 1.165) is 38.5 Å². The first-order valence-corrected chi connectivity index (χ1v) is 5.85. The van der Waals surface area contributed by atoms with Gasteiger partial charge < -0.3 is 16.2 Å². The average Bonchev–Trinajstić information content (AvgIpc) is 2.34. The van der Waals surface area contributed by atoms with Crippen LogP contribution in [0, 0.1) is 0 Å². The minimum absolute atomic E-state index is 0.295. The molecular formula is C11H19N5O. The highest BCUT2D eigenvalue weighted by molar-refractivity contribution is 5.51. The number of hydrogen-bond donors (Lipinski definition) is 2. The Bertz CT molecular complexity index is 378. The van der Waals surface area contributed by atoms with Gasteiger partial charge in [-0.05, 0) is 0 Å². The van der Waals surface area contributed by atoms with Crippen molar-refractivity contribution in [3.8, 4) is 0 Å². The third-order valence-electron chi connectivity index (χ3n) is 2.99. The van der Waals surface area contributed by atoms with Crippen molar-refractivity contribution in [1.82, 2.24) is 14.9 Å². The van der Waals surface area contributed by atoms with Crippen LogP contribution in [0.5, 0.6) is 0 Å². The maximum Gasteiger partial charge on any atom is 0.166 e. The second kappa shape index (κ2) is 5.29. The van der Waals surface area contributed by atoms with Crippen LogP contribution in [0.15, 0.2) is 6.20 Å². The molecule has 1 fully saturated rings. The highest BCUT2D eigenvalue weighted by Gasteiger charge is 2.16. The third kappa shape index (κ3) is 3.04. The molecule has 1 saturated heterocycles. The van der Waals surface area contributed by atoms with Crippen LogP contribution in [0.2, 0.25) is 0 Å². The van der Waals surface area contributed by atoms with Crippen molar-refractivity contribution in [1.29, 1.82) is 0 Å². The van der Waals surface area contributed by atoms with Crippen molar-refractivity contribution < 1.29 is 4.74 Å². The van der Waals surface area contributed by atoms with E-state index >= 15 is 0 Å². The molecule has 1 unspecified atom stereocenters. The van der Waals surface area contributed by atoms with Crippen LogP contribution < -0.4 is 11.5 Å². The molecule has 0 aromatic carbocycles. The minimum Gasteiger partial charge on any atom is -0.381 e. The Kier molecular flexibility index (Phi) is 3.75. The molecule has 2 rings (SSSR count). The number of nitrogen functional groups attached to an aromatic ring is 2. The normalized spacial score (nSPS) is 19.1. The first-order chi connectivity index (χ1) is 8.16. The highest BCUT2D eigenvalue weighted by Crippen LogP contribution is 2.17. The van der Waals surface area contributed by atoms with Crippen LogP contribution >= 0.6 is 0 Å². The molecule has 6 nitrogen and oxygen atoms in total. The van der Waals surface area contributed by atoms with Gasteiger partial charge in [-0.3, -0.25) is 4.90 Å². The van der Waals surface area contributed by atoms with Crippen LogP contribution in [-0.2, 0) is 4.74 Å². The van der Waals surface area contributed by atoms with Crippen LogP contribution in [0.4, 0.5) is 11.6 Å². The van der Waals surface area contributed by atoms with Crippen molar-refractivity contribution >= 4 is 11.6 Å². The molecule has 4 N–H and O–H groups in total. The van der Waals surface area contributed by atoms with Gasteiger partial charge in [-0.2, -0.15) is 0 Å². The molecule has 1 aromatic heterocycles. The van der Waals surface area contributed by atoms with E-state index in [-0.39, 0.29) is 0 Å². The van der Waals surface area contributed by atoms with Crippen molar-refractivity contribution in [2.24, 2.45) is 0 Å². The van der Waals surface area contributed by atoms with Crippen molar-refractivity contribution in [2.45, 2.75) is 12.8 Å². The number of morpholine rings is 1. The van der Waals surface area contributed by atoms with E-state index in [0.29, 0.717) is 17.6 Å². The van der Waals surface area contributed by atoms with Gasteiger partial charge in [0.05, 0.1) is 25.1 Å². The molecule has 1 atom stereocenters. The molecule has 0 radical (unpaired) electrons. The second-order valence-corrected chi connectivity index (χ2v) is 4.38. The van der Waals surface area contributed by atoms with E-state index in [2.05, 4.69) is 21.8 Å². The predicted octanol–water partition coefficient (Wildman–Crippen LogP) is 0.0767. The largest absolute Gasteiger partial charge is 0.381 e. The molecule has 6 heteroatoms. The maximum absolute atomic E-state index is 5.66. The molecule has 0 spiro atoms. The third-order valence-corrected chi connectivity index (χ3v) is 2.99. The number of nitrogens with two attached hydrogens (primary N) is 2. The zero-order valence-corrected chi connectivity index (χ0v) is 10.1. The smallest absolute Gasteiger partial charge is 0.166 e. The zero-order valence-electron chi connectivity index (χ0n) is 10.1. The lowest BCUT2D eigenvalue weighted by Crippen LogP contribution is -2.38. The number of rotatable bonds is 3. The van der Waals surface area contributed by atoms with Gasteiger partial charge in [-0.15, -0.1) is 0 Å². The summed E-state index contributed by atoms with van der Waals surface area (Å²) in [5, 5.41) is 0. The number of aromatic nitrogens is 2. The summed E-state index contributed by atoms with van der Waals surface area (Å²) in [4.78, 5) is 10.7. The van der Waals surface area contributed by atoms with Gasteiger partial charge in [0.2, 0.25) is 0 Å². The Balaban J connectivity index is 1.98. The van der Waals surface area contributed by atoms with Crippen molar-refractivity contribution in [3.63, 3.8) is 0 Å². The Morgan fingerprint density at radius 3 is 2.71 bits per heavy atom. The molecule has 1 aliphatic rings. The summed E-state index contributed by atoms with van der Waals surface area (Å²) in [5.41, 5.74) is 12.1. The van der Waals surface area contributed by atoms with Crippen LogP contribution in [-0.4, -0.2) is 47.7 Å². The SMILES string of the molecule is CC(CN1CCOCC1)c1cnc(N)c(N)n1. The van der Waals surface area contributed by atoms with Crippen molar-refractivity contribution in [3.05, 3.63) is 11.9 Å². The van der Waals surface area contributed by atoms with E-state index in [1.54, 1.807) is 6.20 Å². The Morgan fingerprint density at radius 2 is 2.06 bits per heavy atom. The Morgan fingerprint density at radius 1 is 1.35 bits per heavy atom. The summed E-state index contributed by atoms with van der Waals surface area (Å²) >= 11 is 0. The highest BCUT2D eigenvalue weighted by atomic mass is 16.5. The van der Waals surface area contributed by atoms with Gasteiger partial charge in [0, 0.05) is 25.6 Å². The van der Waals surface area contributed by atoms with Crippen LogP contribution in [0.3, 0.4) is 0 Å². The molecule has 0 amide bonds. The maximum atomic E-state index is 5.66. The van der Waals surface area contributed by atoms with E-state index in [4.69, 9.17) is 16.2 Å². The topological polar surface area (TPSA) is 90.3 Å². The molecule has 1 aromatic rings. The quantitative estimate of drug-likeness (QED) is 0.773. The molecular weight excluding hydrogens is 218 g/mol. The molecule has 1 aliphatic heterocycles. The van der Waals surface area contributed by atoms with E-state index in [9.17, 15) is 0 Å². The second-order valence-electron chi connectivity index (χ2n) is 4.38. The van der Waals surface area contributed by atoms with Crippen molar-refractivity contribution in [2.75, 3.05) is 44.3 Å². The first kappa shape index (κ1) is 12.1. The lowest BCUT2D eigenvalue weighted by atomic mass is 10.1. The van der Waals surface area contributed by atoms with E-state index in [1.807, 2.05) is 0 Å². The van der Waals surface area contributed by atoms with Crippen LogP contribution in [0.1, 0.15) is 18.5 Å². The molecule has 0 aliphatic carbocycles. The molecule has 0 saturated carbocycles. The standard InChI is InChI=1S/C11H19N5O/c1-8(7-16-2-4-17-5-3-16)9-6-14-10(12)11(13)15-9/h6,8H,2-5,7H2,1H3,(H2,12,14)(H2,13,15). The van der Waals surface area contributed by atoms with Gasteiger partial charge in [0.1, 0.15) is 0 Å². The molecule has 0 bridgehead atoms. The molecule has 2 heterocycles. The summed E-state index contributed by atoms with van der Waals surface area (Å²) < 4.78 is 5.32. The van der Waals surface area contributed by atoms with Gasteiger partial charge in [0.25, 0.3) is 0 Å². The number of hydrogen-bond acceptors (Lipinski definition) is 6. The van der Waals surface area contributed by atoms with Crippen LogP contribution in [0.25, 0.3) is 0 Å². The summed E-state index contributed by atoms with van der Waals surface area (Å²) in [6, 6.07) is 0. The summed E-state index contributed by atoms with van der Waals surface area (Å²) in [7, 11) is 0. The van der Waals surface area contributed by atoms with Gasteiger partial charge in [-0.1, -0.05) is 6.92 Å². The molecule has 17 heavy (non-hydrogen) atoms. The average molecular weight is 237 g/mol. The summed E-state index contributed by atoms with van der Waals surface area (Å²) in [6.07, 6.45) is 1.71. The van der Waals surface area contributed by atoms with E-state index < -0.39 is 0 Å². The van der Waals surface area contributed by atoms with E-state index in [1.165, 1.54) is 0 Å². The van der Waals surface area contributed by atoms with Gasteiger partial charge >= 0.3 is 0 Å². The van der Waals surface area contributed by atoms with Gasteiger partial charge in [-0.25, -0.2) is 9.97 Å². The predicted molar refractivity (Wildman–Crippen MR) is 66.5 cm³/mol. The summed E-state index contributed by atoms with van der Waals surface area (Å²) in [5.74, 6) is 0.909. The minimum atomic E-state index is 0.295.